The fraction of sp³-hybridized carbons (Fsp3) is 0.240. The number of benzene rings is 2. The highest BCUT2D eigenvalue weighted by Gasteiger charge is 2.30. The Kier molecular flexibility index (Phi) is 6.25. The summed E-state index contributed by atoms with van der Waals surface area (Å²) >= 11 is 0. The van der Waals surface area contributed by atoms with E-state index in [0.717, 1.165) is 24.0 Å². The molecule has 6 nitrogen and oxygen atoms in total. The van der Waals surface area contributed by atoms with E-state index in [1.807, 2.05) is 36.4 Å². The topological polar surface area (TPSA) is 98.0 Å². The second-order valence-electron chi connectivity index (χ2n) is 7.70. The summed E-state index contributed by atoms with van der Waals surface area (Å²) in [5.41, 5.74) is 4.24. The number of nitrogens with zero attached hydrogens (tertiary/aromatic N) is 2. The summed E-state index contributed by atoms with van der Waals surface area (Å²) < 4.78 is 0. The summed E-state index contributed by atoms with van der Waals surface area (Å²) in [6, 6.07) is 20.8. The van der Waals surface area contributed by atoms with Gasteiger partial charge in [0.15, 0.2) is 0 Å². The fourth-order valence-electron chi connectivity index (χ4n) is 4.09. The number of fused-ring (bicyclic) bond motifs is 1. The molecule has 156 valence electrons. The number of carbonyl (C=O) groups excluding carboxylic acids is 1. The lowest BCUT2D eigenvalue weighted by Crippen LogP contribution is -2.37. The highest BCUT2D eigenvalue weighted by Crippen LogP contribution is 2.34. The van der Waals surface area contributed by atoms with Crippen LogP contribution in [-0.4, -0.2) is 22.6 Å². The maximum Gasteiger partial charge on any atom is 0.251 e. The molecule has 3 aromatic rings. The number of rotatable bonds is 6. The second kappa shape index (κ2) is 9.41. The third-order valence-corrected chi connectivity index (χ3v) is 5.74. The van der Waals surface area contributed by atoms with E-state index in [0.29, 0.717) is 23.5 Å². The van der Waals surface area contributed by atoms with Gasteiger partial charge in [0.1, 0.15) is 11.9 Å². The van der Waals surface area contributed by atoms with Crippen molar-refractivity contribution in [2.45, 2.75) is 25.4 Å². The van der Waals surface area contributed by atoms with Crippen LogP contribution in [0.15, 0.2) is 66.9 Å². The molecular weight excluding hydrogens is 388 g/mol. The van der Waals surface area contributed by atoms with Gasteiger partial charge in [0.2, 0.25) is 0 Å². The standard InChI is InChI=1S/C25H24N4O2/c26-14-20-8-4-12-27-24(20)28-15-17-5-3-7-19(13-17)25(31)29-23-21(16-30)11-10-18-6-1-2-9-22(18)23/h1-9,12-13,21,23,30H,10-11,15-16H2,(H,27,28)(H,29,31). The molecule has 0 bridgehead atoms. The summed E-state index contributed by atoms with van der Waals surface area (Å²) in [7, 11) is 0. The van der Waals surface area contributed by atoms with E-state index in [1.54, 1.807) is 24.4 Å². The predicted molar refractivity (Wildman–Crippen MR) is 118 cm³/mol. The molecule has 0 radical (unpaired) electrons. The first kappa shape index (κ1) is 20.6. The van der Waals surface area contributed by atoms with Gasteiger partial charge in [-0.15, -0.1) is 0 Å². The molecule has 0 saturated heterocycles. The third-order valence-electron chi connectivity index (χ3n) is 5.74. The van der Waals surface area contributed by atoms with Crippen LogP contribution in [0, 0.1) is 17.2 Å². The molecule has 2 aromatic carbocycles. The number of hydrogen-bond donors (Lipinski definition) is 3. The van der Waals surface area contributed by atoms with E-state index in [1.165, 1.54) is 5.56 Å². The highest BCUT2D eigenvalue weighted by atomic mass is 16.3. The van der Waals surface area contributed by atoms with Crippen molar-refractivity contribution < 1.29 is 9.90 Å². The number of nitrogens with one attached hydrogen (secondary N) is 2. The Bertz CT molecular complexity index is 1120. The lowest BCUT2D eigenvalue weighted by atomic mass is 9.80. The van der Waals surface area contributed by atoms with Gasteiger partial charge in [-0.3, -0.25) is 4.79 Å². The zero-order valence-corrected chi connectivity index (χ0v) is 17.1. The van der Waals surface area contributed by atoms with Crippen molar-refractivity contribution >= 4 is 11.7 Å². The van der Waals surface area contributed by atoms with E-state index in [-0.39, 0.29) is 24.5 Å². The maximum absolute atomic E-state index is 13.0. The number of nitriles is 1. The zero-order valence-electron chi connectivity index (χ0n) is 17.1. The number of pyridine rings is 1. The van der Waals surface area contributed by atoms with E-state index < -0.39 is 0 Å². The van der Waals surface area contributed by atoms with Gasteiger partial charge in [-0.2, -0.15) is 5.26 Å². The molecule has 1 aromatic heterocycles. The minimum atomic E-state index is -0.212. The van der Waals surface area contributed by atoms with Gasteiger partial charge >= 0.3 is 0 Å². The normalized spacial score (nSPS) is 17.3. The summed E-state index contributed by atoms with van der Waals surface area (Å²) in [4.78, 5) is 17.2. The molecule has 2 unspecified atom stereocenters. The van der Waals surface area contributed by atoms with Crippen LogP contribution >= 0.6 is 0 Å². The number of carbonyl (C=O) groups is 1. The second-order valence-corrected chi connectivity index (χ2v) is 7.70. The molecular formula is C25H24N4O2. The van der Waals surface area contributed by atoms with Crippen LogP contribution in [0.4, 0.5) is 5.82 Å². The smallest absolute Gasteiger partial charge is 0.251 e. The van der Waals surface area contributed by atoms with Crippen molar-refractivity contribution in [3.8, 4) is 6.07 Å². The number of aliphatic hydroxyl groups is 1. The minimum Gasteiger partial charge on any atom is -0.396 e. The van der Waals surface area contributed by atoms with Crippen LogP contribution in [0.25, 0.3) is 0 Å². The average Bonchev–Trinajstić information content (AvgIpc) is 2.83. The molecule has 4 rings (SSSR count). The van der Waals surface area contributed by atoms with Crippen molar-refractivity contribution in [3.05, 3.63) is 94.7 Å². The largest absolute Gasteiger partial charge is 0.396 e. The van der Waals surface area contributed by atoms with E-state index in [9.17, 15) is 15.2 Å². The van der Waals surface area contributed by atoms with E-state index in [2.05, 4.69) is 27.8 Å². The molecule has 1 amide bonds. The lowest BCUT2D eigenvalue weighted by molar-refractivity contribution is 0.0893. The van der Waals surface area contributed by atoms with Gasteiger partial charge < -0.3 is 15.7 Å². The Hall–Kier alpha value is -3.69. The molecule has 0 spiro atoms. The van der Waals surface area contributed by atoms with Gasteiger partial charge in [-0.05, 0) is 53.8 Å². The molecule has 1 heterocycles. The van der Waals surface area contributed by atoms with Gasteiger partial charge in [0.25, 0.3) is 5.91 Å². The minimum absolute atomic E-state index is 0.00254. The molecule has 31 heavy (non-hydrogen) atoms. The monoisotopic (exact) mass is 412 g/mol. The van der Waals surface area contributed by atoms with Crippen molar-refractivity contribution in [1.29, 1.82) is 5.26 Å². The van der Waals surface area contributed by atoms with Crippen molar-refractivity contribution in [1.82, 2.24) is 10.3 Å². The molecule has 1 aliphatic carbocycles. The molecule has 6 heteroatoms. The number of aryl methyl sites for hydroxylation is 1. The summed E-state index contributed by atoms with van der Waals surface area (Å²) in [6.07, 6.45) is 3.38. The fourth-order valence-corrected chi connectivity index (χ4v) is 4.09. The Labute approximate surface area is 181 Å². The SMILES string of the molecule is N#Cc1cccnc1NCc1cccc(C(=O)NC2c3ccccc3CCC2CO)c1. The number of aliphatic hydroxyl groups excluding tert-OH is 1. The molecule has 0 fully saturated rings. The molecule has 3 N–H and O–H groups in total. The summed E-state index contributed by atoms with van der Waals surface area (Å²) in [5, 5.41) is 25.3. The number of anilines is 1. The molecule has 2 atom stereocenters. The van der Waals surface area contributed by atoms with Gasteiger partial charge in [0, 0.05) is 30.8 Å². The quantitative estimate of drug-likeness (QED) is 0.575. The summed E-state index contributed by atoms with van der Waals surface area (Å²) in [5.74, 6) is 0.347. The van der Waals surface area contributed by atoms with Crippen LogP contribution in [-0.2, 0) is 13.0 Å². The lowest BCUT2D eigenvalue weighted by Gasteiger charge is -2.33. The molecule has 0 saturated carbocycles. The van der Waals surface area contributed by atoms with Crippen LogP contribution < -0.4 is 10.6 Å². The van der Waals surface area contributed by atoms with Crippen molar-refractivity contribution in [3.63, 3.8) is 0 Å². The highest BCUT2D eigenvalue weighted by molar-refractivity contribution is 5.94. The van der Waals surface area contributed by atoms with Gasteiger partial charge in [-0.1, -0.05) is 36.4 Å². The van der Waals surface area contributed by atoms with E-state index >= 15 is 0 Å². The van der Waals surface area contributed by atoms with Gasteiger partial charge in [-0.25, -0.2) is 4.98 Å². The first-order valence-electron chi connectivity index (χ1n) is 10.4. The number of amides is 1. The van der Waals surface area contributed by atoms with Crippen LogP contribution in [0.5, 0.6) is 0 Å². The third kappa shape index (κ3) is 4.57. The van der Waals surface area contributed by atoms with E-state index in [4.69, 9.17) is 0 Å². The van der Waals surface area contributed by atoms with Gasteiger partial charge in [0.05, 0.1) is 11.6 Å². The zero-order chi connectivity index (χ0) is 21.6. The van der Waals surface area contributed by atoms with Crippen LogP contribution in [0.3, 0.4) is 0 Å². The first-order valence-corrected chi connectivity index (χ1v) is 10.4. The first-order chi connectivity index (χ1) is 15.2. The Morgan fingerprint density at radius 2 is 2.03 bits per heavy atom. The Morgan fingerprint density at radius 3 is 2.87 bits per heavy atom. The predicted octanol–water partition coefficient (Wildman–Crippen LogP) is 3.59. The average molecular weight is 412 g/mol. The Morgan fingerprint density at radius 1 is 1.16 bits per heavy atom. The van der Waals surface area contributed by atoms with Crippen molar-refractivity contribution in [2.75, 3.05) is 11.9 Å². The summed E-state index contributed by atoms with van der Waals surface area (Å²) in [6.45, 7) is 0.479. The molecule has 1 aliphatic rings. The number of hydrogen-bond acceptors (Lipinski definition) is 5. The molecule has 0 aliphatic heterocycles. The number of aromatic nitrogens is 1. The maximum atomic E-state index is 13.0. The Balaban J connectivity index is 1.49. The van der Waals surface area contributed by atoms with Crippen LogP contribution in [0.2, 0.25) is 0 Å². The van der Waals surface area contributed by atoms with Crippen LogP contribution in [0.1, 0.15) is 45.1 Å². The van der Waals surface area contributed by atoms with Crippen molar-refractivity contribution in [2.24, 2.45) is 5.92 Å².